The Labute approximate surface area is 426 Å². The molecule has 8 aromatic carbocycles. The molecule has 13 rings (SSSR count). The molecule has 2 aromatic heterocycles. The van der Waals surface area contributed by atoms with Crippen LogP contribution in [0, 0.1) is 13.8 Å². The molecule has 0 unspecified atom stereocenters. The number of fused-ring (bicyclic) bond motifs is 12. The molecule has 3 aliphatic rings. The summed E-state index contributed by atoms with van der Waals surface area (Å²) in [5.74, 6) is 0. The van der Waals surface area contributed by atoms with Gasteiger partial charge in [0, 0.05) is 66.8 Å². The second-order valence-electron chi connectivity index (χ2n) is 24.8. The highest BCUT2D eigenvalue weighted by Crippen LogP contribution is 2.55. The van der Waals surface area contributed by atoms with Crippen molar-refractivity contribution in [3.8, 4) is 16.9 Å². The van der Waals surface area contributed by atoms with E-state index in [0.717, 1.165) is 39.0 Å². The second kappa shape index (κ2) is 14.9. The van der Waals surface area contributed by atoms with E-state index in [1.54, 1.807) is 0 Å². The molecule has 4 nitrogen and oxygen atoms in total. The summed E-state index contributed by atoms with van der Waals surface area (Å²) < 4.78 is 9.72. The van der Waals surface area contributed by atoms with Gasteiger partial charge in [-0.15, -0.1) is 0 Å². The molecule has 0 fully saturated rings. The van der Waals surface area contributed by atoms with Crippen molar-refractivity contribution in [3.63, 3.8) is 0 Å². The second-order valence-corrected chi connectivity index (χ2v) is 24.8. The minimum absolute atomic E-state index is 0.0164. The van der Waals surface area contributed by atoms with Crippen molar-refractivity contribution in [3.05, 3.63) is 191 Å². The maximum Gasteiger partial charge on any atom is 0.252 e. The molecule has 10 aromatic rings. The fourth-order valence-electron chi connectivity index (χ4n) is 12.9. The third kappa shape index (κ3) is 6.25. The summed E-state index contributed by atoms with van der Waals surface area (Å²) in [5.41, 5.74) is 26.8. The third-order valence-electron chi connectivity index (χ3n) is 16.6. The van der Waals surface area contributed by atoms with E-state index in [-0.39, 0.29) is 28.4 Å². The quantitative estimate of drug-likeness (QED) is 0.164. The minimum Gasteiger partial charge on any atom is -0.454 e. The zero-order valence-corrected chi connectivity index (χ0v) is 44.3. The first-order valence-corrected chi connectivity index (χ1v) is 26.0. The molecular weight excluding hydrogens is 874 g/mol. The number of anilines is 6. The number of nitrogens with zero attached hydrogens (tertiary/aromatic N) is 3. The van der Waals surface area contributed by atoms with Crippen molar-refractivity contribution in [1.29, 1.82) is 0 Å². The molecule has 0 atom stereocenters. The van der Waals surface area contributed by atoms with Gasteiger partial charge in [-0.2, -0.15) is 0 Å². The van der Waals surface area contributed by atoms with E-state index in [9.17, 15) is 0 Å². The molecule has 0 N–H and O–H groups in total. The van der Waals surface area contributed by atoms with Crippen LogP contribution in [0.1, 0.15) is 115 Å². The van der Waals surface area contributed by atoms with Crippen LogP contribution in [-0.2, 0) is 21.7 Å². The Morgan fingerprint density at radius 3 is 1.81 bits per heavy atom. The van der Waals surface area contributed by atoms with Gasteiger partial charge < -0.3 is 18.8 Å². The molecule has 0 saturated carbocycles. The maximum atomic E-state index is 7.04. The molecule has 0 spiro atoms. The van der Waals surface area contributed by atoms with Crippen LogP contribution in [0.25, 0.3) is 49.8 Å². The van der Waals surface area contributed by atoms with Gasteiger partial charge in [0.15, 0.2) is 5.58 Å². The largest absolute Gasteiger partial charge is 0.454 e. The van der Waals surface area contributed by atoms with Crippen molar-refractivity contribution in [1.82, 2.24) is 4.57 Å². The van der Waals surface area contributed by atoms with Gasteiger partial charge in [-0.1, -0.05) is 179 Å². The van der Waals surface area contributed by atoms with Crippen LogP contribution in [0.2, 0.25) is 0 Å². The molecule has 356 valence electrons. The highest BCUT2D eigenvalue weighted by atomic mass is 16.3. The van der Waals surface area contributed by atoms with E-state index in [1.807, 2.05) is 0 Å². The normalized spacial score (nSPS) is 14.5. The molecule has 4 heterocycles. The summed E-state index contributed by atoms with van der Waals surface area (Å²) in [5, 5.41) is 3.58. The zero-order valence-electron chi connectivity index (χ0n) is 44.3. The molecule has 0 bridgehead atoms. The summed E-state index contributed by atoms with van der Waals surface area (Å²) in [6.45, 7) is 30.3. The Bertz CT molecular complexity index is 3890. The van der Waals surface area contributed by atoms with Crippen LogP contribution in [0.15, 0.2) is 156 Å². The molecular formula is C67H64BN3O. The van der Waals surface area contributed by atoms with Crippen LogP contribution < -0.4 is 26.2 Å². The fourth-order valence-corrected chi connectivity index (χ4v) is 12.9. The van der Waals surface area contributed by atoms with Crippen molar-refractivity contribution in [2.45, 2.75) is 112 Å². The molecule has 0 radical (unpaired) electrons. The molecule has 1 aliphatic carbocycles. The molecule has 5 heteroatoms. The van der Waals surface area contributed by atoms with Crippen LogP contribution in [0.5, 0.6) is 0 Å². The molecule has 2 aliphatic heterocycles. The predicted octanol–water partition coefficient (Wildman–Crippen LogP) is 16.4. The van der Waals surface area contributed by atoms with Crippen LogP contribution in [0.4, 0.5) is 34.1 Å². The smallest absolute Gasteiger partial charge is 0.252 e. The lowest BCUT2D eigenvalue weighted by molar-refractivity contribution is 0.589. The number of para-hydroxylation sites is 3. The van der Waals surface area contributed by atoms with Crippen LogP contribution in [-0.4, -0.2) is 11.3 Å². The molecule has 72 heavy (non-hydrogen) atoms. The minimum atomic E-state index is -0.176. The maximum absolute atomic E-state index is 7.04. The lowest BCUT2D eigenvalue weighted by atomic mass is 9.33. The molecule has 0 amide bonds. The van der Waals surface area contributed by atoms with E-state index in [2.05, 4.69) is 256 Å². The van der Waals surface area contributed by atoms with Gasteiger partial charge in [0.05, 0.1) is 11.4 Å². The Morgan fingerprint density at radius 2 is 1.12 bits per heavy atom. The van der Waals surface area contributed by atoms with Gasteiger partial charge in [-0.25, -0.2) is 0 Å². The van der Waals surface area contributed by atoms with Crippen molar-refractivity contribution >= 4 is 90.1 Å². The number of furan rings is 1. The summed E-state index contributed by atoms with van der Waals surface area (Å²) in [4.78, 5) is 5.09. The predicted molar refractivity (Wildman–Crippen MR) is 308 cm³/mol. The zero-order chi connectivity index (χ0) is 50.1. The first kappa shape index (κ1) is 44.7. The van der Waals surface area contributed by atoms with E-state index < -0.39 is 0 Å². The highest BCUT2D eigenvalue weighted by molar-refractivity contribution is 7.00. The Kier molecular flexibility index (Phi) is 9.26. The van der Waals surface area contributed by atoms with Crippen LogP contribution in [0.3, 0.4) is 0 Å². The highest BCUT2D eigenvalue weighted by Gasteiger charge is 2.48. The first-order valence-electron chi connectivity index (χ1n) is 26.0. The number of aromatic nitrogens is 1. The lowest BCUT2D eigenvalue weighted by Gasteiger charge is -2.42. The fraction of sp³-hybridized carbons (Fsp3) is 0.254. The Morgan fingerprint density at radius 1 is 0.514 bits per heavy atom. The van der Waals surface area contributed by atoms with Gasteiger partial charge >= 0.3 is 0 Å². The Balaban J connectivity index is 1.16. The van der Waals surface area contributed by atoms with Gasteiger partial charge in [-0.3, -0.25) is 0 Å². The van der Waals surface area contributed by atoms with Gasteiger partial charge in [-0.05, 0) is 134 Å². The average Bonchev–Trinajstić information content (AvgIpc) is 3.97. The summed E-state index contributed by atoms with van der Waals surface area (Å²) in [7, 11) is 0. The number of hydrogen-bond acceptors (Lipinski definition) is 3. The van der Waals surface area contributed by atoms with E-state index >= 15 is 0 Å². The SMILES string of the molecule is Cc1cc(C(C)(C)C)ccc1N(c1ccc2c(c1)N(c1cccc3c1oc1ccccc13)c1cc(C(C)(C)C)cc3c1B2c1cccc2c4c(n-3c12)-c1ccccc1C4(C)C)c1ccc(C(C)(C)C)cc1C. The summed E-state index contributed by atoms with van der Waals surface area (Å²) in [6.07, 6.45) is 0. The topological polar surface area (TPSA) is 24.6 Å². The molecule has 0 saturated heterocycles. The Hall–Kier alpha value is -7.24. The summed E-state index contributed by atoms with van der Waals surface area (Å²) >= 11 is 0. The van der Waals surface area contributed by atoms with Gasteiger partial charge in [0.25, 0.3) is 6.71 Å². The average molecular weight is 938 g/mol. The third-order valence-corrected chi connectivity index (χ3v) is 16.6. The number of benzene rings is 8. The van der Waals surface area contributed by atoms with E-state index in [4.69, 9.17) is 4.42 Å². The van der Waals surface area contributed by atoms with E-state index in [1.165, 1.54) is 100 Å². The standard InChI is InChI=1S/C67H64BN3O/c1-39-34-41(64(3,4)5)28-32-52(39)69(53-33-29-42(35-40(53)2)65(6,7)8)44-30-31-50-55(38-44)70(54-26-19-22-46-45-20-15-17-27-58(45)72-63(46)54)56-36-43(66(9,10)11)37-57-60(56)68(50)51-25-18-23-48-59-62(71(57)61(48)51)47-21-14-16-24-49(47)67(59,12)13/h14-38H,1-13H3. The van der Waals surface area contributed by atoms with E-state index in [0.29, 0.717) is 0 Å². The van der Waals surface area contributed by atoms with Gasteiger partial charge in [0.1, 0.15) is 5.58 Å². The first-order chi connectivity index (χ1) is 34.2. The monoisotopic (exact) mass is 938 g/mol. The van der Waals surface area contributed by atoms with Crippen molar-refractivity contribution in [2.75, 3.05) is 9.80 Å². The number of aryl methyl sites for hydroxylation is 2. The van der Waals surface area contributed by atoms with Crippen LogP contribution >= 0.6 is 0 Å². The number of hydrogen-bond donors (Lipinski definition) is 0. The number of rotatable bonds is 4. The lowest BCUT2D eigenvalue weighted by Crippen LogP contribution is -2.60. The van der Waals surface area contributed by atoms with Crippen molar-refractivity contribution < 1.29 is 4.42 Å². The van der Waals surface area contributed by atoms with Crippen molar-refractivity contribution in [2.24, 2.45) is 0 Å². The van der Waals surface area contributed by atoms with Gasteiger partial charge in [0.2, 0.25) is 0 Å². The summed E-state index contributed by atoms with van der Waals surface area (Å²) in [6, 6.07) is 58.0.